The quantitative estimate of drug-likeness (QED) is 0.804. The van der Waals surface area contributed by atoms with E-state index in [1.807, 2.05) is 0 Å². The summed E-state index contributed by atoms with van der Waals surface area (Å²) in [5.74, 6) is -4.49. The van der Waals surface area contributed by atoms with Gasteiger partial charge in [0.25, 0.3) is 0 Å². The number of hydrogen-bond donors (Lipinski definition) is 0. The van der Waals surface area contributed by atoms with Crippen molar-refractivity contribution >= 4 is 16.6 Å². The zero-order valence-electron chi connectivity index (χ0n) is 11.3. The van der Waals surface area contributed by atoms with E-state index < -0.39 is 28.3 Å². The van der Waals surface area contributed by atoms with E-state index in [1.54, 1.807) is 0 Å². The maximum atomic E-state index is 13.6. The molecule has 2 aliphatic rings. The van der Waals surface area contributed by atoms with E-state index >= 15 is 0 Å². The Labute approximate surface area is 123 Å². The van der Waals surface area contributed by atoms with Crippen molar-refractivity contribution in [3.05, 3.63) is 35.1 Å². The average Bonchev–Trinajstić information content (AvgIpc) is 2.68. The van der Waals surface area contributed by atoms with Gasteiger partial charge < -0.3 is 0 Å². The van der Waals surface area contributed by atoms with Crippen molar-refractivity contribution in [2.75, 3.05) is 0 Å². The molecule has 0 saturated carbocycles. The number of benzene rings is 1. The molecule has 2 fully saturated rings. The van der Waals surface area contributed by atoms with Gasteiger partial charge in [0.2, 0.25) is 0 Å². The van der Waals surface area contributed by atoms with Crippen molar-refractivity contribution in [3.8, 4) is 0 Å². The lowest BCUT2D eigenvalue weighted by atomic mass is 9.90. The van der Waals surface area contributed by atoms with Crippen LogP contribution in [0.3, 0.4) is 0 Å². The third-order valence-electron chi connectivity index (χ3n) is 4.50. The van der Waals surface area contributed by atoms with E-state index in [1.165, 1.54) is 0 Å². The van der Waals surface area contributed by atoms with Crippen LogP contribution in [0.2, 0.25) is 0 Å². The molecular formula is C15H15F3O2S. The number of ketones is 1. The molecule has 2 saturated heterocycles. The van der Waals surface area contributed by atoms with Gasteiger partial charge in [-0.2, -0.15) is 0 Å². The van der Waals surface area contributed by atoms with Gasteiger partial charge in [-0.3, -0.25) is 9.00 Å². The molecule has 2 bridgehead atoms. The highest BCUT2D eigenvalue weighted by Gasteiger charge is 2.42. The molecule has 0 aliphatic carbocycles. The fraction of sp³-hybridized carbons (Fsp3) is 0.533. The van der Waals surface area contributed by atoms with Crippen molar-refractivity contribution in [2.45, 2.75) is 42.6 Å². The highest BCUT2D eigenvalue weighted by molar-refractivity contribution is 7.86. The standard InChI is InChI=1S/C15H15F3O2S/c16-12-4-1-8(14(17)15(12)18)7-13(19)9-5-10-2-3-11(6-9)21(10)20/h1,4,9-11H,2-3,5-7H2. The fourth-order valence-corrected chi connectivity index (χ4v) is 5.45. The number of rotatable bonds is 3. The van der Waals surface area contributed by atoms with Crippen LogP contribution in [0.5, 0.6) is 0 Å². The molecule has 2 heterocycles. The highest BCUT2D eigenvalue weighted by Crippen LogP contribution is 2.39. The van der Waals surface area contributed by atoms with Crippen LogP contribution < -0.4 is 0 Å². The van der Waals surface area contributed by atoms with Crippen LogP contribution in [0, 0.1) is 23.4 Å². The van der Waals surface area contributed by atoms with Crippen LogP contribution in [0.25, 0.3) is 0 Å². The van der Waals surface area contributed by atoms with Crippen molar-refractivity contribution < 1.29 is 22.2 Å². The zero-order chi connectivity index (χ0) is 15.1. The first-order valence-corrected chi connectivity index (χ1v) is 8.29. The minimum Gasteiger partial charge on any atom is -0.299 e. The van der Waals surface area contributed by atoms with Crippen LogP contribution >= 0.6 is 0 Å². The van der Waals surface area contributed by atoms with Gasteiger partial charge in [-0.15, -0.1) is 0 Å². The topological polar surface area (TPSA) is 34.1 Å². The Kier molecular flexibility index (Phi) is 3.90. The van der Waals surface area contributed by atoms with Gasteiger partial charge in [-0.05, 0) is 37.3 Å². The Morgan fingerprint density at radius 1 is 1.10 bits per heavy atom. The summed E-state index contributed by atoms with van der Waals surface area (Å²) in [6.07, 6.45) is 2.64. The van der Waals surface area contributed by atoms with Crippen LogP contribution in [0.1, 0.15) is 31.2 Å². The largest absolute Gasteiger partial charge is 0.299 e. The van der Waals surface area contributed by atoms with E-state index in [2.05, 4.69) is 0 Å². The summed E-state index contributed by atoms with van der Waals surface area (Å²) >= 11 is 0. The minimum atomic E-state index is -1.54. The van der Waals surface area contributed by atoms with Gasteiger partial charge in [-0.25, -0.2) is 13.2 Å². The van der Waals surface area contributed by atoms with Crippen molar-refractivity contribution in [3.63, 3.8) is 0 Å². The van der Waals surface area contributed by atoms with E-state index in [-0.39, 0.29) is 34.2 Å². The number of fused-ring (bicyclic) bond motifs is 2. The molecule has 3 rings (SSSR count). The van der Waals surface area contributed by atoms with E-state index in [9.17, 15) is 22.2 Å². The predicted molar refractivity (Wildman–Crippen MR) is 72.7 cm³/mol. The summed E-state index contributed by atoms with van der Waals surface area (Å²) in [5, 5.41) is 0.125. The monoisotopic (exact) mass is 316 g/mol. The maximum absolute atomic E-state index is 13.6. The molecule has 0 amide bonds. The maximum Gasteiger partial charge on any atom is 0.194 e. The number of carbonyl (C=O) groups excluding carboxylic acids is 1. The van der Waals surface area contributed by atoms with Crippen molar-refractivity contribution in [1.29, 1.82) is 0 Å². The Morgan fingerprint density at radius 2 is 1.71 bits per heavy atom. The molecule has 2 aliphatic heterocycles. The fourth-order valence-electron chi connectivity index (χ4n) is 3.33. The lowest BCUT2D eigenvalue weighted by Crippen LogP contribution is -2.33. The SMILES string of the molecule is O=C(Cc1ccc(F)c(F)c1F)C1CC2CCC(C1)S2=O. The summed E-state index contributed by atoms with van der Waals surface area (Å²) in [6, 6.07) is 1.95. The van der Waals surface area contributed by atoms with Crippen LogP contribution in [-0.4, -0.2) is 20.5 Å². The van der Waals surface area contributed by atoms with Gasteiger partial charge in [0.1, 0.15) is 5.78 Å². The Morgan fingerprint density at radius 3 is 2.33 bits per heavy atom. The van der Waals surface area contributed by atoms with Gasteiger partial charge in [0, 0.05) is 33.6 Å². The van der Waals surface area contributed by atoms with E-state index in [0.717, 1.165) is 25.0 Å². The van der Waals surface area contributed by atoms with Crippen molar-refractivity contribution in [1.82, 2.24) is 0 Å². The molecular weight excluding hydrogens is 301 g/mol. The van der Waals surface area contributed by atoms with Gasteiger partial charge >= 0.3 is 0 Å². The van der Waals surface area contributed by atoms with Crippen molar-refractivity contribution in [2.24, 2.45) is 5.92 Å². The molecule has 114 valence electrons. The summed E-state index contributed by atoms with van der Waals surface area (Å²) in [6.45, 7) is 0. The predicted octanol–water partition coefficient (Wildman–Crippen LogP) is 2.91. The molecule has 1 aromatic carbocycles. The van der Waals surface area contributed by atoms with Gasteiger partial charge in [-0.1, -0.05) is 6.07 Å². The Bertz CT molecular complexity index is 601. The second kappa shape index (κ2) is 5.55. The molecule has 2 unspecified atom stereocenters. The number of carbonyl (C=O) groups is 1. The third-order valence-corrected chi connectivity index (χ3v) is 6.67. The van der Waals surface area contributed by atoms with Crippen LogP contribution in [0.15, 0.2) is 12.1 Å². The van der Waals surface area contributed by atoms with Crippen LogP contribution in [-0.2, 0) is 22.0 Å². The molecule has 6 heteroatoms. The lowest BCUT2D eigenvalue weighted by Gasteiger charge is -2.26. The number of halogens is 3. The first kappa shape index (κ1) is 14.8. The first-order chi connectivity index (χ1) is 9.97. The molecule has 2 atom stereocenters. The molecule has 21 heavy (non-hydrogen) atoms. The summed E-state index contributed by atoms with van der Waals surface area (Å²) in [5.41, 5.74) is -0.113. The second-order valence-electron chi connectivity index (χ2n) is 5.80. The highest BCUT2D eigenvalue weighted by atomic mass is 32.2. The zero-order valence-corrected chi connectivity index (χ0v) is 12.1. The second-order valence-corrected chi connectivity index (χ2v) is 7.79. The molecule has 0 aromatic heterocycles. The minimum absolute atomic E-state index is 0.0625. The first-order valence-electron chi connectivity index (χ1n) is 7.02. The molecule has 0 N–H and O–H groups in total. The van der Waals surface area contributed by atoms with E-state index in [4.69, 9.17) is 0 Å². The Balaban J connectivity index is 1.73. The summed E-state index contributed by atoms with van der Waals surface area (Å²) < 4.78 is 51.5. The summed E-state index contributed by atoms with van der Waals surface area (Å²) in [4.78, 5) is 12.3. The lowest BCUT2D eigenvalue weighted by molar-refractivity contribution is -0.122. The average molecular weight is 316 g/mol. The summed E-state index contributed by atoms with van der Waals surface area (Å²) in [7, 11) is -0.849. The molecule has 2 nitrogen and oxygen atoms in total. The third kappa shape index (κ3) is 2.65. The number of Topliss-reactive ketones (excluding diaryl/α,β-unsaturated/α-hetero) is 1. The smallest absolute Gasteiger partial charge is 0.194 e. The van der Waals surface area contributed by atoms with Gasteiger partial charge in [0.15, 0.2) is 17.5 Å². The normalized spacial score (nSPS) is 31.4. The molecule has 1 aromatic rings. The number of hydrogen-bond acceptors (Lipinski definition) is 2. The van der Waals surface area contributed by atoms with E-state index in [0.29, 0.717) is 12.8 Å². The molecule has 0 radical (unpaired) electrons. The van der Waals surface area contributed by atoms with Gasteiger partial charge in [0.05, 0.1) is 0 Å². The Hall–Kier alpha value is -1.17. The van der Waals surface area contributed by atoms with Crippen LogP contribution in [0.4, 0.5) is 13.2 Å². The molecule has 0 spiro atoms.